The Bertz CT molecular complexity index is 564. The summed E-state index contributed by atoms with van der Waals surface area (Å²) in [5, 5.41) is 20.6. The van der Waals surface area contributed by atoms with Gasteiger partial charge in [0.15, 0.2) is 0 Å². The Balaban J connectivity index is 3.20. The van der Waals surface area contributed by atoms with Crippen molar-refractivity contribution < 1.29 is 28.0 Å². The first-order valence-electron chi connectivity index (χ1n) is 5.01. The van der Waals surface area contributed by atoms with Crippen molar-refractivity contribution in [2.45, 2.75) is 18.6 Å². The number of carboxylic acids is 1. The number of hydrogen-bond acceptors (Lipinski definition) is 4. The van der Waals surface area contributed by atoms with E-state index < -0.39 is 33.3 Å². The van der Waals surface area contributed by atoms with Gasteiger partial charge in [-0.1, -0.05) is 11.6 Å². The van der Waals surface area contributed by atoms with Crippen LogP contribution in [-0.2, 0) is 4.79 Å². The summed E-state index contributed by atoms with van der Waals surface area (Å²) in [7, 11) is 0. The molecule has 1 unspecified atom stereocenters. The molecule has 0 fully saturated rings. The molecule has 0 spiro atoms. The zero-order chi connectivity index (χ0) is 15.7. The van der Waals surface area contributed by atoms with E-state index in [0.29, 0.717) is 6.92 Å². The number of carbonyl (C=O) groups is 1. The van der Waals surface area contributed by atoms with E-state index in [-0.39, 0.29) is 5.69 Å². The third kappa shape index (κ3) is 2.93. The first-order chi connectivity index (χ1) is 8.99. The second-order valence-corrected chi connectivity index (χ2v) is 4.38. The van der Waals surface area contributed by atoms with Crippen LogP contribution < -0.4 is 5.32 Å². The molecule has 0 aliphatic rings. The molecular formula is C10H8ClF3N2O4. The Kier molecular flexibility index (Phi) is 4.13. The summed E-state index contributed by atoms with van der Waals surface area (Å²) >= 11 is 5.61. The average Bonchev–Trinajstić information content (AvgIpc) is 2.29. The zero-order valence-corrected chi connectivity index (χ0v) is 10.6. The predicted molar refractivity (Wildman–Crippen MR) is 63.8 cm³/mol. The molecule has 0 bridgehead atoms. The number of nitro groups is 1. The van der Waals surface area contributed by atoms with E-state index in [1.165, 1.54) is 0 Å². The van der Waals surface area contributed by atoms with Crippen LogP contribution in [-0.4, -0.2) is 27.7 Å². The molecule has 6 nitrogen and oxygen atoms in total. The molecule has 0 saturated carbocycles. The second kappa shape index (κ2) is 5.16. The number of aliphatic carboxylic acids is 1. The molecule has 0 heterocycles. The van der Waals surface area contributed by atoms with Crippen molar-refractivity contribution in [3.05, 3.63) is 33.3 Å². The lowest BCUT2D eigenvalue weighted by atomic mass is 10.0. The molecule has 20 heavy (non-hydrogen) atoms. The lowest BCUT2D eigenvalue weighted by molar-refractivity contribution is -0.384. The molecule has 0 aromatic heterocycles. The molecule has 1 rings (SSSR count). The zero-order valence-electron chi connectivity index (χ0n) is 9.86. The summed E-state index contributed by atoms with van der Waals surface area (Å²) in [6.45, 7) is 0.424. The van der Waals surface area contributed by atoms with Gasteiger partial charge in [-0.05, 0) is 13.0 Å². The fourth-order valence-corrected chi connectivity index (χ4v) is 1.46. The molecule has 0 aliphatic carbocycles. The van der Waals surface area contributed by atoms with Gasteiger partial charge in [0, 0.05) is 12.1 Å². The van der Waals surface area contributed by atoms with Gasteiger partial charge < -0.3 is 10.4 Å². The minimum Gasteiger partial charge on any atom is -0.479 e. The van der Waals surface area contributed by atoms with Crippen molar-refractivity contribution >= 4 is 28.9 Å². The van der Waals surface area contributed by atoms with E-state index in [1.54, 1.807) is 5.32 Å². The fourth-order valence-electron chi connectivity index (χ4n) is 1.23. The summed E-state index contributed by atoms with van der Waals surface area (Å²) in [6, 6.07) is 2.64. The first kappa shape index (κ1) is 16.0. The molecule has 2 N–H and O–H groups in total. The normalized spacial score (nSPS) is 14.4. The van der Waals surface area contributed by atoms with Gasteiger partial charge in [0.05, 0.1) is 15.6 Å². The number of nitrogens with one attached hydrogen (secondary N) is 1. The molecule has 0 aliphatic heterocycles. The van der Waals surface area contributed by atoms with E-state index >= 15 is 0 Å². The van der Waals surface area contributed by atoms with Crippen molar-refractivity contribution in [3.63, 3.8) is 0 Å². The number of benzene rings is 1. The number of nitrogens with zero attached hydrogens (tertiary/aromatic N) is 1. The molecular weight excluding hydrogens is 305 g/mol. The van der Waals surface area contributed by atoms with Gasteiger partial charge in [-0.25, -0.2) is 4.79 Å². The van der Waals surface area contributed by atoms with Crippen LogP contribution in [0.15, 0.2) is 18.2 Å². The monoisotopic (exact) mass is 312 g/mol. The summed E-state index contributed by atoms with van der Waals surface area (Å²) in [5.41, 5.74) is -4.07. The molecule has 10 heteroatoms. The van der Waals surface area contributed by atoms with Crippen molar-refractivity contribution in [3.8, 4) is 0 Å². The molecule has 1 atom stereocenters. The molecule has 0 saturated heterocycles. The first-order valence-corrected chi connectivity index (χ1v) is 5.39. The summed E-state index contributed by atoms with van der Waals surface area (Å²) in [6.07, 6.45) is -5.09. The molecule has 0 radical (unpaired) electrons. The van der Waals surface area contributed by atoms with Gasteiger partial charge in [-0.2, -0.15) is 13.2 Å². The van der Waals surface area contributed by atoms with Crippen LogP contribution in [0.3, 0.4) is 0 Å². The number of carboxylic acid groups (broad SMARTS) is 1. The maximum Gasteiger partial charge on any atom is 0.422 e. The smallest absolute Gasteiger partial charge is 0.422 e. The van der Waals surface area contributed by atoms with Crippen molar-refractivity contribution in [2.75, 3.05) is 5.32 Å². The van der Waals surface area contributed by atoms with E-state index in [4.69, 9.17) is 16.7 Å². The van der Waals surface area contributed by atoms with Gasteiger partial charge in [-0.3, -0.25) is 10.1 Å². The highest BCUT2D eigenvalue weighted by molar-refractivity contribution is 6.33. The van der Waals surface area contributed by atoms with Gasteiger partial charge in [0.2, 0.25) is 5.54 Å². The third-order valence-electron chi connectivity index (χ3n) is 2.54. The van der Waals surface area contributed by atoms with Crippen molar-refractivity contribution in [2.24, 2.45) is 0 Å². The lowest BCUT2D eigenvalue weighted by Gasteiger charge is -2.29. The third-order valence-corrected chi connectivity index (χ3v) is 2.86. The molecule has 110 valence electrons. The van der Waals surface area contributed by atoms with Crippen LogP contribution in [0.25, 0.3) is 0 Å². The van der Waals surface area contributed by atoms with Crippen LogP contribution in [0, 0.1) is 10.1 Å². The van der Waals surface area contributed by atoms with Crippen molar-refractivity contribution in [1.29, 1.82) is 0 Å². The second-order valence-electron chi connectivity index (χ2n) is 3.97. The lowest BCUT2D eigenvalue weighted by Crippen LogP contribution is -2.55. The SMILES string of the molecule is CC(Nc1ccc([N+](=O)[O-])cc1Cl)(C(=O)O)C(F)(F)F. The highest BCUT2D eigenvalue weighted by Gasteiger charge is 2.57. The number of non-ortho nitro benzene ring substituents is 1. The molecule has 0 amide bonds. The highest BCUT2D eigenvalue weighted by atomic mass is 35.5. The summed E-state index contributed by atoms with van der Waals surface area (Å²) in [4.78, 5) is 20.5. The topological polar surface area (TPSA) is 92.5 Å². The number of hydrogen-bond donors (Lipinski definition) is 2. The minimum atomic E-state index is -5.09. The Hall–Kier alpha value is -2.03. The molecule has 1 aromatic carbocycles. The van der Waals surface area contributed by atoms with E-state index in [2.05, 4.69) is 0 Å². The maximum absolute atomic E-state index is 12.8. The number of nitro benzene ring substituents is 1. The number of anilines is 1. The van der Waals surface area contributed by atoms with E-state index in [0.717, 1.165) is 18.2 Å². The van der Waals surface area contributed by atoms with Gasteiger partial charge in [-0.15, -0.1) is 0 Å². The Labute approximate surface area is 115 Å². The van der Waals surface area contributed by atoms with E-state index in [1.807, 2.05) is 0 Å². The minimum absolute atomic E-state index is 0.375. The van der Waals surface area contributed by atoms with E-state index in [9.17, 15) is 28.1 Å². The average molecular weight is 313 g/mol. The Morgan fingerprint density at radius 3 is 2.35 bits per heavy atom. The summed E-state index contributed by atoms with van der Waals surface area (Å²) in [5.74, 6) is -2.15. The highest BCUT2D eigenvalue weighted by Crippen LogP contribution is 2.36. The van der Waals surface area contributed by atoms with Gasteiger partial charge in [0.25, 0.3) is 5.69 Å². The largest absolute Gasteiger partial charge is 0.479 e. The summed E-state index contributed by atoms with van der Waals surface area (Å²) < 4.78 is 38.4. The van der Waals surface area contributed by atoms with Crippen molar-refractivity contribution in [1.82, 2.24) is 0 Å². The van der Waals surface area contributed by atoms with Crippen LogP contribution in [0.5, 0.6) is 0 Å². The van der Waals surface area contributed by atoms with Gasteiger partial charge in [0.1, 0.15) is 0 Å². The van der Waals surface area contributed by atoms with Gasteiger partial charge >= 0.3 is 12.1 Å². The predicted octanol–water partition coefficient (Wildman–Crippen LogP) is 3.07. The van der Waals surface area contributed by atoms with Crippen LogP contribution in [0.4, 0.5) is 24.5 Å². The number of rotatable bonds is 4. The van der Waals surface area contributed by atoms with Crippen LogP contribution in [0.2, 0.25) is 5.02 Å². The number of alkyl halides is 3. The quantitative estimate of drug-likeness (QED) is 0.658. The number of halogens is 4. The molecule has 1 aromatic rings. The van der Waals surface area contributed by atoms with Crippen LogP contribution >= 0.6 is 11.6 Å². The maximum atomic E-state index is 12.8. The standard InChI is InChI=1S/C10H8ClF3N2O4/c1-9(8(17)18,10(12,13)14)15-7-3-2-5(16(19)20)4-6(7)11/h2-4,15H,1H3,(H,17,18). The Morgan fingerprint density at radius 2 is 2.00 bits per heavy atom. The van der Waals surface area contributed by atoms with Crippen LogP contribution in [0.1, 0.15) is 6.92 Å². The fraction of sp³-hybridized carbons (Fsp3) is 0.300. The Morgan fingerprint density at radius 1 is 1.45 bits per heavy atom.